The summed E-state index contributed by atoms with van der Waals surface area (Å²) < 4.78 is 23.0. The van der Waals surface area contributed by atoms with Crippen molar-refractivity contribution in [1.29, 1.82) is 0 Å². The van der Waals surface area contributed by atoms with E-state index in [0.717, 1.165) is 11.8 Å². The number of benzene rings is 1. The summed E-state index contributed by atoms with van der Waals surface area (Å²) in [5.74, 6) is 0. The lowest BCUT2D eigenvalue weighted by molar-refractivity contribution is 0.296. The van der Waals surface area contributed by atoms with Gasteiger partial charge in [-0.1, -0.05) is 29.4 Å². The van der Waals surface area contributed by atoms with E-state index >= 15 is 0 Å². The van der Waals surface area contributed by atoms with Crippen LogP contribution in [0.25, 0.3) is 0 Å². The van der Waals surface area contributed by atoms with Crippen LogP contribution in [0.4, 0.5) is 0 Å². The number of rotatable bonds is 4. The van der Waals surface area contributed by atoms with Crippen LogP contribution < -0.4 is 0 Å². The lowest BCUT2D eigenvalue weighted by Crippen LogP contribution is -2.34. The van der Waals surface area contributed by atoms with E-state index in [1.807, 2.05) is 0 Å². The fraction of sp³-hybridized carbons (Fsp3) is 0.364. The summed E-state index contributed by atoms with van der Waals surface area (Å²) in [6.45, 7) is 1.16. The Balaban J connectivity index is 3.31. The minimum Gasteiger partial charge on any atom is -0.411 e. The molecule has 94 valence electrons. The van der Waals surface area contributed by atoms with Gasteiger partial charge >= 0.3 is 0 Å². The zero-order chi connectivity index (χ0) is 13.1. The van der Waals surface area contributed by atoms with Gasteiger partial charge in [-0.3, -0.25) is 0 Å². The highest BCUT2D eigenvalue weighted by atomic mass is 32.2. The predicted molar refractivity (Wildman–Crippen MR) is 65.2 cm³/mol. The monoisotopic (exact) mass is 257 g/mol. The van der Waals surface area contributed by atoms with Crippen LogP contribution >= 0.6 is 0 Å². The first kappa shape index (κ1) is 13.7. The molecule has 0 spiro atoms. The Hall–Kier alpha value is -1.40. The Morgan fingerprint density at radius 3 is 2.41 bits per heavy atom. The molecule has 1 unspecified atom stereocenters. The molecule has 2 N–H and O–H groups in total. The summed E-state index contributed by atoms with van der Waals surface area (Å²) in [7, 11) is -3.53. The molecule has 17 heavy (non-hydrogen) atoms. The van der Waals surface area contributed by atoms with Gasteiger partial charge in [0.1, 0.15) is 11.0 Å². The summed E-state index contributed by atoms with van der Waals surface area (Å²) in [4.78, 5) is 0. The van der Waals surface area contributed by atoms with Gasteiger partial charge in [-0.15, -0.1) is 0 Å². The van der Waals surface area contributed by atoms with Crippen LogP contribution in [0.15, 0.2) is 29.4 Å². The fourth-order valence-corrected chi connectivity index (χ4v) is 2.43. The van der Waals surface area contributed by atoms with Crippen molar-refractivity contribution >= 4 is 15.5 Å². The maximum Gasteiger partial charge on any atom is 0.158 e. The molecule has 0 heterocycles. The van der Waals surface area contributed by atoms with Crippen molar-refractivity contribution in [2.75, 3.05) is 12.9 Å². The lowest BCUT2D eigenvalue weighted by Gasteiger charge is -2.15. The molecule has 0 fully saturated rings. The third-order valence-electron chi connectivity index (χ3n) is 2.52. The molecule has 1 aromatic carbocycles. The fourth-order valence-electron chi connectivity index (χ4n) is 1.58. The average molecular weight is 257 g/mol. The van der Waals surface area contributed by atoms with E-state index in [2.05, 4.69) is 5.16 Å². The molecule has 0 aliphatic carbocycles. The van der Waals surface area contributed by atoms with E-state index < -0.39 is 21.7 Å². The number of hydrogen-bond acceptors (Lipinski definition) is 5. The van der Waals surface area contributed by atoms with Gasteiger partial charge < -0.3 is 10.3 Å². The number of hydrogen-bond donors (Lipinski definition) is 2. The molecule has 0 radical (unpaired) electrons. The molecule has 0 amide bonds. The largest absolute Gasteiger partial charge is 0.411 e. The molecular weight excluding hydrogens is 242 g/mol. The van der Waals surface area contributed by atoms with E-state index in [4.69, 9.17) is 10.3 Å². The first-order valence-electron chi connectivity index (χ1n) is 4.99. The van der Waals surface area contributed by atoms with Gasteiger partial charge in [0.2, 0.25) is 0 Å². The molecular formula is C11H15NO4S. The highest BCUT2D eigenvalue weighted by Gasteiger charge is 2.28. The Morgan fingerprint density at radius 2 is 2.00 bits per heavy atom. The smallest absolute Gasteiger partial charge is 0.158 e. The normalized spacial score (nSPS) is 14.6. The minimum absolute atomic E-state index is 0.0342. The van der Waals surface area contributed by atoms with Crippen LogP contribution in [-0.2, 0) is 9.84 Å². The number of sulfone groups is 1. The van der Waals surface area contributed by atoms with Crippen LogP contribution in [0.2, 0.25) is 0 Å². The van der Waals surface area contributed by atoms with Crippen molar-refractivity contribution < 1.29 is 18.7 Å². The van der Waals surface area contributed by atoms with Gasteiger partial charge in [0.15, 0.2) is 9.84 Å². The van der Waals surface area contributed by atoms with Crippen LogP contribution in [0, 0.1) is 6.92 Å². The number of aliphatic hydroxyl groups excluding tert-OH is 1. The quantitative estimate of drug-likeness (QED) is 0.469. The molecule has 5 nitrogen and oxygen atoms in total. The average Bonchev–Trinajstić information content (AvgIpc) is 2.25. The highest BCUT2D eigenvalue weighted by molar-refractivity contribution is 7.92. The zero-order valence-corrected chi connectivity index (χ0v) is 10.5. The molecule has 0 saturated carbocycles. The maximum atomic E-state index is 11.5. The Bertz CT molecular complexity index is 522. The first-order valence-corrected chi connectivity index (χ1v) is 6.95. The van der Waals surface area contributed by atoms with Crippen molar-refractivity contribution in [1.82, 2.24) is 0 Å². The van der Waals surface area contributed by atoms with Crippen molar-refractivity contribution in [2.24, 2.45) is 5.16 Å². The third-order valence-corrected chi connectivity index (χ3v) is 3.92. The standard InChI is InChI=1S/C11H15NO4S/c1-8-5-3-4-6-9(8)11(12-14)10(7-13)17(2,15)16/h3-6,10,13-14H,7H2,1-2H3/b12-11+. The molecule has 0 saturated heterocycles. The molecule has 1 aromatic rings. The second kappa shape index (κ2) is 5.29. The van der Waals surface area contributed by atoms with Crippen LogP contribution in [0.1, 0.15) is 11.1 Å². The van der Waals surface area contributed by atoms with Crippen molar-refractivity contribution in [3.05, 3.63) is 35.4 Å². The number of aryl methyl sites for hydroxylation is 1. The van der Waals surface area contributed by atoms with Gasteiger partial charge in [0.05, 0.1) is 6.61 Å². The Kier molecular flexibility index (Phi) is 4.25. The highest BCUT2D eigenvalue weighted by Crippen LogP contribution is 2.14. The topological polar surface area (TPSA) is 87.0 Å². The number of aliphatic hydroxyl groups is 1. The van der Waals surface area contributed by atoms with Crippen molar-refractivity contribution in [2.45, 2.75) is 12.2 Å². The van der Waals surface area contributed by atoms with Gasteiger partial charge in [0, 0.05) is 11.8 Å². The molecule has 1 rings (SSSR count). The molecule has 0 bridgehead atoms. The predicted octanol–water partition coefficient (Wildman–Crippen LogP) is 0.579. The van der Waals surface area contributed by atoms with E-state index in [-0.39, 0.29) is 5.71 Å². The second-order valence-electron chi connectivity index (χ2n) is 3.80. The molecule has 0 aliphatic heterocycles. The van der Waals surface area contributed by atoms with Crippen LogP contribution in [-0.4, -0.2) is 42.6 Å². The van der Waals surface area contributed by atoms with E-state index in [1.165, 1.54) is 0 Å². The summed E-state index contributed by atoms with van der Waals surface area (Å²) in [5, 5.41) is 19.9. The summed E-state index contributed by atoms with van der Waals surface area (Å²) in [6.07, 6.45) is 0.997. The van der Waals surface area contributed by atoms with Gasteiger partial charge in [0.25, 0.3) is 0 Å². The van der Waals surface area contributed by atoms with Crippen LogP contribution in [0.3, 0.4) is 0 Å². The van der Waals surface area contributed by atoms with Gasteiger partial charge in [-0.2, -0.15) is 0 Å². The SMILES string of the molecule is Cc1ccccc1/C(=N\O)C(CO)S(C)(=O)=O. The van der Waals surface area contributed by atoms with E-state index in [9.17, 15) is 8.42 Å². The van der Waals surface area contributed by atoms with Gasteiger partial charge in [-0.25, -0.2) is 8.42 Å². The van der Waals surface area contributed by atoms with Crippen molar-refractivity contribution in [3.8, 4) is 0 Å². The molecule has 0 aromatic heterocycles. The first-order chi connectivity index (χ1) is 7.91. The zero-order valence-electron chi connectivity index (χ0n) is 9.66. The minimum atomic E-state index is -3.53. The second-order valence-corrected chi connectivity index (χ2v) is 6.03. The number of oxime groups is 1. The third kappa shape index (κ3) is 3.04. The number of nitrogens with zero attached hydrogens (tertiary/aromatic N) is 1. The Morgan fingerprint density at radius 1 is 1.41 bits per heavy atom. The summed E-state index contributed by atoms with van der Waals surface area (Å²) >= 11 is 0. The van der Waals surface area contributed by atoms with Crippen LogP contribution in [0.5, 0.6) is 0 Å². The molecule has 0 aliphatic rings. The van der Waals surface area contributed by atoms with Gasteiger partial charge in [-0.05, 0) is 12.5 Å². The molecule has 1 atom stereocenters. The Labute approximate surface area is 100 Å². The maximum absolute atomic E-state index is 11.5. The van der Waals surface area contributed by atoms with Crippen molar-refractivity contribution in [3.63, 3.8) is 0 Å². The van der Waals surface area contributed by atoms with E-state index in [0.29, 0.717) is 5.56 Å². The van der Waals surface area contributed by atoms with E-state index in [1.54, 1.807) is 31.2 Å². The summed E-state index contributed by atoms with van der Waals surface area (Å²) in [5.41, 5.74) is 1.26. The summed E-state index contributed by atoms with van der Waals surface area (Å²) in [6, 6.07) is 6.93. The lowest BCUT2D eigenvalue weighted by atomic mass is 10.0. The molecule has 6 heteroatoms.